The van der Waals surface area contributed by atoms with Gasteiger partial charge in [-0.1, -0.05) is 26.0 Å². The van der Waals surface area contributed by atoms with Crippen molar-refractivity contribution in [1.29, 1.82) is 0 Å². The minimum Gasteiger partial charge on any atom is -0.508 e. The third-order valence-electron chi connectivity index (χ3n) is 5.24. The molecule has 1 aliphatic heterocycles. The Morgan fingerprint density at radius 1 is 0.867 bits per heavy atom. The second-order valence-electron chi connectivity index (χ2n) is 7.84. The van der Waals surface area contributed by atoms with Gasteiger partial charge in [-0.2, -0.15) is 0 Å². The van der Waals surface area contributed by atoms with E-state index in [1.807, 2.05) is 24.3 Å². The van der Waals surface area contributed by atoms with Crippen LogP contribution in [0.3, 0.4) is 0 Å². The second kappa shape index (κ2) is 9.07. The number of amides is 2. The van der Waals surface area contributed by atoms with Crippen molar-refractivity contribution >= 4 is 11.8 Å². The minimum atomic E-state index is -0.625. The van der Waals surface area contributed by atoms with E-state index in [9.17, 15) is 19.8 Å². The number of phenols is 2. The number of rotatable bonds is 5. The molecule has 1 atom stereocenters. The molecular weight excluding hydrogens is 384 g/mol. The monoisotopic (exact) mass is 412 g/mol. The van der Waals surface area contributed by atoms with Crippen LogP contribution in [-0.2, 0) is 4.79 Å². The Morgan fingerprint density at radius 3 is 1.93 bits per heavy atom. The van der Waals surface area contributed by atoms with Crippen molar-refractivity contribution in [2.45, 2.75) is 32.8 Å². The molecule has 1 unspecified atom stereocenters. The first kappa shape index (κ1) is 21.5. The zero-order valence-electron chi connectivity index (χ0n) is 17.5. The molecule has 0 radical (unpaired) electrons. The number of benzene rings is 2. The van der Waals surface area contributed by atoms with Gasteiger partial charge < -0.3 is 24.7 Å². The average molecular weight is 412 g/mol. The maximum absolute atomic E-state index is 12.7. The maximum atomic E-state index is 12.7. The Bertz CT molecular complexity index is 882. The fourth-order valence-electron chi connectivity index (χ4n) is 3.47. The van der Waals surface area contributed by atoms with E-state index in [1.54, 1.807) is 16.7 Å². The van der Waals surface area contributed by atoms with E-state index in [4.69, 9.17) is 4.74 Å². The third kappa shape index (κ3) is 5.03. The average Bonchev–Trinajstić information content (AvgIpc) is 2.72. The van der Waals surface area contributed by atoms with Crippen molar-refractivity contribution in [3.63, 3.8) is 0 Å². The summed E-state index contributed by atoms with van der Waals surface area (Å²) >= 11 is 0. The number of carbonyl (C=O) groups is 2. The van der Waals surface area contributed by atoms with Crippen LogP contribution in [0.25, 0.3) is 0 Å². The van der Waals surface area contributed by atoms with Crippen molar-refractivity contribution in [2.75, 3.05) is 26.2 Å². The molecule has 0 spiro atoms. The lowest BCUT2D eigenvalue weighted by Gasteiger charge is -2.36. The molecule has 30 heavy (non-hydrogen) atoms. The molecule has 0 saturated carbocycles. The lowest BCUT2D eigenvalue weighted by atomic mass is 10.0. The number of piperazine rings is 1. The molecule has 0 aromatic heterocycles. The lowest BCUT2D eigenvalue weighted by Crippen LogP contribution is -2.53. The third-order valence-corrected chi connectivity index (χ3v) is 5.24. The Kier molecular flexibility index (Phi) is 6.50. The molecule has 0 bridgehead atoms. The largest absolute Gasteiger partial charge is 0.508 e. The van der Waals surface area contributed by atoms with Gasteiger partial charge in [-0.25, -0.2) is 0 Å². The van der Waals surface area contributed by atoms with Crippen LogP contribution in [0, 0.1) is 0 Å². The zero-order chi connectivity index (χ0) is 21.8. The highest BCUT2D eigenvalue weighted by Crippen LogP contribution is 2.23. The number of carbonyl (C=O) groups excluding carboxylic acids is 2. The first-order valence-electron chi connectivity index (χ1n) is 10.1. The van der Waals surface area contributed by atoms with E-state index in [0.29, 0.717) is 37.8 Å². The predicted octanol–water partition coefficient (Wildman–Crippen LogP) is 2.97. The molecule has 7 heteroatoms. The summed E-state index contributed by atoms with van der Waals surface area (Å²) in [4.78, 5) is 28.6. The van der Waals surface area contributed by atoms with Gasteiger partial charge in [0.1, 0.15) is 17.2 Å². The molecule has 2 amide bonds. The van der Waals surface area contributed by atoms with E-state index in [1.165, 1.54) is 23.8 Å². The second-order valence-corrected chi connectivity index (χ2v) is 7.84. The fraction of sp³-hybridized carbons (Fsp3) is 0.391. The van der Waals surface area contributed by atoms with E-state index in [0.717, 1.165) is 0 Å². The number of hydrogen-bond donors (Lipinski definition) is 2. The fourth-order valence-corrected chi connectivity index (χ4v) is 3.47. The molecule has 0 aliphatic carbocycles. The summed E-state index contributed by atoms with van der Waals surface area (Å²) in [6.07, 6.45) is -0.625. The van der Waals surface area contributed by atoms with Crippen molar-refractivity contribution in [1.82, 2.24) is 9.80 Å². The summed E-state index contributed by atoms with van der Waals surface area (Å²) in [7, 11) is 0. The van der Waals surface area contributed by atoms with Crippen molar-refractivity contribution in [3.05, 3.63) is 53.6 Å². The van der Waals surface area contributed by atoms with Gasteiger partial charge in [-0.3, -0.25) is 9.59 Å². The molecule has 1 aliphatic rings. The number of nitrogens with zero attached hydrogens (tertiary/aromatic N) is 2. The number of aromatic hydroxyl groups is 2. The summed E-state index contributed by atoms with van der Waals surface area (Å²) in [5.74, 6) is 0.339. The van der Waals surface area contributed by atoms with Crippen LogP contribution in [0.4, 0.5) is 0 Å². The van der Waals surface area contributed by atoms with Crippen LogP contribution >= 0.6 is 0 Å². The molecule has 1 saturated heterocycles. The standard InChI is InChI=1S/C23H28N2O5/c1-15(2)17-4-6-21(7-5-17)30-16(3)22(28)24-8-10-25(11-9-24)23(29)18-12-19(26)14-20(27)13-18/h4-7,12-16,26-27H,8-11H2,1-3H3. The quantitative estimate of drug-likeness (QED) is 0.788. The van der Waals surface area contributed by atoms with Crippen LogP contribution in [0.2, 0.25) is 0 Å². The molecule has 2 N–H and O–H groups in total. The summed E-state index contributed by atoms with van der Waals surface area (Å²) in [6.45, 7) is 7.51. The van der Waals surface area contributed by atoms with Gasteiger partial charge in [0.25, 0.3) is 11.8 Å². The summed E-state index contributed by atoms with van der Waals surface area (Å²) in [5.41, 5.74) is 1.43. The highest BCUT2D eigenvalue weighted by atomic mass is 16.5. The van der Waals surface area contributed by atoms with E-state index >= 15 is 0 Å². The minimum absolute atomic E-state index is 0.120. The van der Waals surface area contributed by atoms with Crippen molar-refractivity contribution in [2.24, 2.45) is 0 Å². The van der Waals surface area contributed by atoms with Gasteiger partial charge in [0.15, 0.2) is 6.10 Å². The Labute approximate surface area is 176 Å². The van der Waals surface area contributed by atoms with Crippen LogP contribution in [-0.4, -0.2) is 64.1 Å². The van der Waals surface area contributed by atoms with E-state index in [-0.39, 0.29) is 28.9 Å². The SMILES string of the molecule is CC(Oc1ccc(C(C)C)cc1)C(=O)N1CCN(C(=O)c2cc(O)cc(O)c2)CC1. The lowest BCUT2D eigenvalue weighted by molar-refractivity contribution is -0.139. The normalized spacial score (nSPS) is 15.2. The molecule has 2 aromatic carbocycles. The predicted molar refractivity (Wildman–Crippen MR) is 113 cm³/mol. The van der Waals surface area contributed by atoms with Gasteiger partial charge in [0.2, 0.25) is 0 Å². The first-order valence-corrected chi connectivity index (χ1v) is 10.1. The van der Waals surface area contributed by atoms with Crippen molar-refractivity contribution in [3.8, 4) is 17.2 Å². The molecule has 2 aromatic rings. The molecule has 160 valence electrons. The van der Waals surface area contributed by atoms with Crippen LogP contribution < -0.4 is 4.74 Å². The van der Waals surface area contributed by atoms with Gasteiger partial charge >= 0.3 is 0 Å². The van der Waals surface area contributed by atoms with Crippen LogP contribution in [0.1, 0.15) is 42.6 Å². The van der Waals surface area contributed by atoms with Gasteiger partial charge in [0, 0.05) is 37.8 Å². The smallest absolute Gasteiger partial charge is 0.263 e. The molecule has 1 heterocycles. The van der Waals surface area contributed by atoms with E-state index in [2.05, 4.69) is 13.8 Å². The number of phenolic OH excluding ortho intramolecular Hbond substituents is 2. The summed E-state index contributed by atoms with van der Waals surface area (Å²) in [5, 5.41) is 19.2. The topological polar surface area (TPSA) is 90.3 Å². The van der Waals surface area contributed by atoms with Crippen molar-refractivity contribution < 1.29 is 24.5 Å². The Balaban J connectivity index is 1.54. The first-order chi connectivity index (χ1) is 14.2. The Hall–Kier alpha value is -3.22. The van der Waals surface area contributed by atoms with Gasteiger partial charge in [-0.15, -0.1) is 0 Å². The van der Waals surface area contributed by atoms with E-state index < -0.39 is 6.10 Å². The molecular formula is C23H28N2O5. The molecule has 3 rings (SSSR count). The Morgan fingerprint density at radius 2 is 1.40 bits per heavy atom. The maximum Gasteiger partial charge on any atom is 0.263 e. The number of ether oxygens (including phenoxy) is 1. The van der Waals surface area contributed by atoms with Gasteiger partial charge in [0.05, 0.1) is 0 Å². The zero-order valence-corrected chi connectivity index (χ0v) is 17.5. The molecule has 1 fully saturated rings. The van der Waals surface area contributed by atoms with Gasteiger partial charge in [-0.05, 0) is 42.7 Å². The summed E-state index contributed by atoms with van der Waals surface area (Å²) < 4.78 is 5.81. The highest BCUT2D eigenvalue weighted by molar-refractivity contribution is 5.95. The van der Waals surface area contributed by atoms with Crippen LogP contribution in [0.15, 0.2) is 42.5 Å². The van der Waals surface area contributed by atoms with Crippen LogP contribution in [0.5, 0.6) is 17.2 Å². The highest BCUT2D eigenvalue weighted by Gasteiger charge is 2.28. The summed E-state index contributed by atoms with van der Waals surface area (Å²) in [6, 6.07) is 11.6. The number of hydrogen-bond acceptors (Lipinski definition) is 5. The molecule has 7 nitrogen and oxygen atoms in total.